The van der Waals surface area contributed by atoms with E-state index in [0.717, 1.165) is 6.54 Å². The molecule has 0 saturated carbocycles. The van der Waals surface area contributed by atoms with E-state index in [-0.39, 0.29) is 11.8 Å². The fourth-order valence-corrected chi connectivity index (χ4v) is 1.40. The number of hydrogen-bond donors (Lipinski definition) is 1. The van der Waals surface area contributed by atoms with Crippen LogP contribution in [0, 0.1) is 0 Å². The second kappa shape index (κ2) is 5.54. The number of nitrogens with zero attached hydrogens (tertiary/aromatic N) is 1. The molecule has 1 atom stereocenters. The lowest BCUT2D eigenvalue weighted by Crippen LogP contribution is -2.58. The van der Waals surface area contributed by atoms with Crippen molar-refractivity contribution in [3.8, 4) is 0 Å². The summed E-state index contributed by atoms with van der Waals surface area (Å²) in [6.45, 7) is 5.53. The molecule has 0 spiro atoms. The third-order valence-electron chi connectivity index (χ3n) is 2.70. The highest BCUT2D eigenvalue weighted by Gasteiger charge is 2.36. The third kappa shape index (κ3) is 2.64. The molecule has 13 heavy (non-hydrogen) atoms. The summed E-state index contributed by atoms with van der Waals surface area (Å²) in [7, 11) is 5.27. The van der Waals surface area contributed by atoms with Gasteiger partial charge < -0.3 is 15.2 Å². The summed E-state index contributed by atoms with van der Waals surface area (Å²) >= 11 is 0. The number of nitrogens with two attached hydrogens (primary N) is 1. The molecule has 0 aliphatic rings. The summed E-state index contributed by atoms with van der Waals surface area (Å²) in [6.07, 6.45) is -0.289. The van der Waals surface area contributed by atoms with E-state index in [2.05, 4.69) is 11.8 Å². The first-order chi connectivity index (χ1) is 6.06. The summed E-state index contributed by atoms with van der Waals surface area (Å²) in [4.78, 5) is 2.13. The van der Waals surface area contributed by atoms with Crippen molar-refractivity contribution in [3.63, 3.8) is 0 Å². The topological polar surface area (TPSA) is 47.7 Å². The van der Waals surface area contributed by atoms with Crippen molar-refractivity contribution in [2.24, 2.45) is 5.73 Å². The zero-order valence-electron chi connectivity index (χ0n) is 9.33. The van der Waals surface area contributed by atoms with Crippen LogP contribution in [0.3, 0.4) is 0 Å². The van der Waals surface area contributed by atoms with Gasteiger partial charge in [-0.25, -0.2) is 0 Å². The monoisotopic (exact) mass is 190 g/mol. The van der Waals surface area contributed by atoms with Gasteiger partial charge in [-0.15, -0.1) is 0 Å². The Hall–Kier alpha value is -0.160. The molecule has 0 aromatic carbocycles. The highest BCUT2D eigenvalue weighted by molar-refractivity contribution is 4.88. The van der Waals surface area contributed by atoms with Crippen LogP contribution in [0.5, 0.6) is 0 Å². The minimum absolute atomic E-state index is 0.266. The lowest BCUT2D eigenvalue weighted by atomic mass is 10.00. The van der Waals surface area contributed by atoms with Crippen molar-refractivity contribution >= 4 is 0 Å². The number of rotatable bonds is 6. The molecule has 0 heterocycles. The molecule has 0 bridgehead atoms. The number of methoxy groups -OCH3 is 2. The zero-order valence-corrected chi connectivity index (χ0v) is 9.33. The Morgan fingerprint density at radius 3 is 2.08 bits per heavy atom. The Balaban J connectivity index is 4.57. The first kappa shape index (κ1) is 12.8. The molecule has 0 radical (unpaired) electrons. The van der Waals surface area contributed by atoms with E-state index >= 15 is 0 Å². The van der Waals surface area contributed by atoms with Crippen molar-refractivity contribution in [1.82, 2.24) is 4.90 Å². The van der Waals surface area contributed by atoms with Crippen molar-refractivity contribution in [2.75, 3.05) is 34.4 Å². The fourth-order valence-electron chi connectivity index (χ4n) is 1.40. The molecule has 1 unspecified atom stereocenters. The van der Waals surface area contributed by atoms with Crippen LogP contribution in [0.25, 0.3) is 0 Å². The van der Waals surface area contributed by atoms with E-state index < -0.39 is 0 Å². The van der Waals surface area contributed by atoms with Crippen molar-refractivity contribution in [2.45, 2.75) is 25.7 Å². The lowest BCUT2D eigenvalue weighted by molar-refractivity contribution is -0.176. The lowest BCUT2D eigenvalue weighted by Gasteiger charge is -2.41. The molecule has 80 valence electrons. The van der Waals surface area contributed by atoms with Gasteiger partial charge in [-0.1, -0.05) is 6.92 Å². The summed E-state index contributed by atoms with van der Waals surface area (Å²) in [6, 6.07) is 0. The molecule has 0 fully saturated rings. The van der Waals surface area contributed by atoms with Gasteiger partial charge in [-0.2, -0.15) is 0 Å². The van der Waals surface area contributed by atoms with Crippen molar-refractivity contribution < 1.29 is 9.47 Å². The van der Waals surface area contributed by atoms with E-state index in [4.69, 9.17) is 15.2 Å². The minimum atomic E-state index is -0.289. The van der Waals surface area contributed by atoms with Crippen LogP contribution in [0.4, 0.5) is 0 Å². The van der Waals surface area contributed by atoms with Crippen LogP contribution in [-0.2, 0) is 9.47 Å². The Kier molecular flexibility index (Phi) is 5.48. The highest BCUT2D eigenvalue weighted by Crippen LogP contribution is 2.19. The summed E-state index contributed by atoms with van der Waals surface area (Å²) < 4.78 is 10.5. The van der Waals surface area contributed by atoms with E-state index in [9.17, 15) is 0 Å². The second-order valence-corrected chi connectivity index (χ2v) is 3.38. The van der Waals surface area contributed by atoms with Crippen LogP contribution in [0.2, 0.25) is 0 Å². The number of likely N-dealkylation sites (N-methyl/N-ethyl adjacent to an activating group) is 1. The highest BCUT2D eigenvalue weighted by atomic mass is 16.7. The smallest absolute Gasteiger partial charge is 0.176 e. The molecule has 0 aromatic rings. The Morgan fingerprint density at radius 2 is 1.85 bits per heavy atom. The number of hydrogen-bond acceptors (Lipinski definition) is 4. The van der Waals surface area contributed by atoms with Gasteiger partial charge in [0.1, 0.15) is 0 Å². The number of ether oxygens (including phenoxy) is 2. The van der Waals surface area contributed by atoms with Gasteiger partial charge in [0.2, 0.25) is 0 Å². The molecular weight excluding hydrogens is 168 g/mol. The van der Waals surface area contributed by atoms with E-state index in [1.807, 2.05) is 14.0 Å². The van der Waals surface area contributed by atoms with Gasteiger partial charge in [0.05, 0.1) is 5.54 Å². The van der Waals surface area contributed by atoms with Gasteiger partial charge in [0, 0.05) is 20.8 Å². The minimum Gasteiger partial charge on any atom is -0.354 e. The molecule has 2 N–H and O–H groups in total. The quantitative estimate of drug-likeness (QED) is 0.611. The maximum absolute atomic E-state index is 5.73. The first-order valence-electron chi connectivity index (χ1n) is 4.53. The average molecular weight is 190 g/mol. The predicted molar refractivity (Wildman–Crippen MR) is 53.6 cm³/mol. The summed E-state index contributed by atoms with van der Waals surface area (Å²) in [5, 5.41) is 0. The molecule has 0 aliphatic carbocycles. The SMILES string of the molecule is CCN(C)C(C)(CN)C(OC)OC. The largest absolute Gasteiger partial charge is 0.354 e. The van der Waals surface area contributed by atoms with E-state index in [1.165, 1.54) is 0 Å². The fraction of sp³-hybridized carbons (Fsp3) is 1.00. The van der Waals surface area contributed by atoms with Crippen LogP contribution in [0.1, 0.15) is 13.8 Å². The normalized spacial score (nSPS) is 16.6. The second-order valence-electron chi connectivity index (χ2n) is 3.38. The van der Waals surface area contributed by atoms with E-state index in [0.29, 0.717) is 6.54 Å². The Bertz CT molecular complexity index is 140. The summed E-state index contributed by atoms with van der Waals surface area (Å²) in [5.74, 6) is 0. The molecule has 0 aromatic heterocycles. The van der Waals surface area contributed by atoms with Gasteiger partial charge in [0.25, 0.3) is 0 Å². The molecule has 0 rings (SSSR count). The molecule has 4 heteroatoms. The Morgan fingerprint density at radius 1 is 1.38 bits per heavy atom. The van der Waals surface area contributed by atoms with Gasteiger partial charge in [0.15, 0.2) is 6.29 Å². The summed E-state index contributed by atoms with van der Waals surface area (Å²) in [5.41, 5.74) is 5.47. The van der Waals surface area contributed by atoms with Gasteiger partial charge in [-0.3, -0.25) is 4.90 Å². The van der Waals surface area contributed by atoms with Crippen LogP contribution >= 0.6 is 0 Å². The van der Waals surface area contributed by atoms with Crippen molar-refractivity contribution in [3.05, 3.63) is 0 Å². The Labute approximate surface area is 81.0 Å². The van der Waals surface area contributed by atoms with Crippen LogP contribution < -0.4 is 5.73 Å². The average Bonchev–Trinajstić information content (AvgIpc) is 2.17. The van der Waals surface area contributed by atoms with Crippen molar-refractivity contribution in [1.29, 1.82) is 0 Å². The third-order valence-corrected chi connectivity index (χ3v) is 2.70. The molecule has 0 aliphatic heterocycles. The molecular formula is C9H22N2O2. The van der Waals surface area contributed by atoms with E-state index in [1.54, 1.807) is 14.2 Å². The van der Waals surface area contributed by atoms with Crippen LogP contribution in [0.15, 0.2) is 0 Å². The molecule has 4 nitrogen and oxygen atoms in total. The maximum Gasteiger partial charge on any atom is 0.176 e. The van der Waals surface area contributed by atoms with Gasteiger partial charge >= 0.3 is 0 Å². The molecule has 0 saturated heterocycles. The standard InChI is InChI=1S/C9H22N2O2/c1-6-11(3)9(2,7-10)8(12-4)13-5/h8H,6-7,10H2,1-5H3. The predicted octanol–water partition coefficient (Wildman–Crippen LogP) is 0.274. The zero-order chi connectivity index (χ0) is 10.5. The van der Waals surface area contributed by atoms with Crippen LogP contribution in [-0.4, -0.2) is 51.1 Å². The van der Waals surface area contributed by atoms with Gasteiger partial charge in [-0.05, 0) is 20.5 Å². The molecule has 0 amide bonds. The maximum atomic E-state index is 5.73. The first-order valence-corrected chi connectivity index (χ1v) is 4.53.